The van der Waals surface area contributed by atoms with E-state index in [2.05, 4.69) is 15.6 Å². The Morgan fingerprint density at radius 1 is 1.47 bits per heavy atom. The Hall–Kier alpha value is -1.53. The fraction of sp³-hybridized carbons (Fsp3) is 0.385. The molecule has 2 aromatic rings. The fourth-order valence-electron chi connectivity index (χ4n) is 2.40. The Bertz CT molecular complexity index is 605. The van der Waals surface area contributed by atoms with Gasteiger partial charge in [-0.1, -0.05) is 6.07 Å². The first-order valence-corrected chi connectivity index (χ1v) is 6.34. The summed E-state index contributed by atoms with van der Waals surface area (Å²) in [5.41, 5.74) is 2.47. The minimum absolute atomic E-state index is 0.399. The van der Waals surface area contributed by atoms with E-state index in [-0.39, 0.29) is 0 Å². The van der Waals surface area contributed by atoms with Crippen LogP contribution >= 0.6 is 11.6 Å². The number of hydrogen-bond donors (Lipinski definition) is 0. The zero-order valence-corrected chi connectivity index (χ0v) is 10.1. The van der Waals surface area contributed by atoms with Crippen molar-refractivity contribution in [2.45, 2.75) is 31.2 Å². The summed E-state index contributed by atoms with van der Waals surface area (Å²) in [6.07, 6.45) is 3.64. The lowest BCUT2D eigenvalue weighted by Gasteiger charge is -2.28. The number of nitrogens with zero attached hydrogens (tertiary/aromatic N) is 3. The van der Waals surface area contributed by atoms with Gasteiger partial charge in [-0.2, -0.15) is 5.26 Å². The van der Waals surface area contributed by atoms with Crippen LogP contribution < -0.4 is 0 Å². The van der Waals surface area contributed by atoms with Crippen LogP contribution in [0.5, 0.6) is 0 Å². The molecule has 1 aliphatic rings. The number of fused-ring (bicyclic) bond motifs is 1. The highest BCUT2D eigenvalue weighted by molar-refractivity contribution is 6.16. The first-order valence-electron chi connectivity index (χ1n) is 5.81. The number of halogens is 1. The lowest BCUT2D eigenvalue weighted by Crippen LogP contribution is -2.18. The van der Waals surface area contributed by atoms with Gasteiger partial charge >= 0.3 is 0 Å². The van der Waals surface area contributed by atoms with Gasteiger partial charge in [0.1, 0.15) is 17.4 Å². The van der Waals surface area contributed by atoms with Crippen LogP contribution in [0.4, 0.5) is 0 Å². The molecular formula is C13H12ClN3. The number of imidazole rings is 1. The van der Waals surface area contributed by atoms with E-state index in [1.165, 1.54) is 19.3 Å². The summed E-state index contributed by atoms with van der Waals surface area (Å²) in [6, 6.07) is 8.45. The Morgan fingerprint density at radius 3 is 2.88 bits per heavy atom. The van der Waals surface area contributed by atoms with Crippen molar-refractivity contribution < 1.29 is 0 Å². The predicted octanol–water partition coefficient (Wildman–Crippen LogP) is 3.37. The molecule has 0 N–H and O–H groups in total. The number of nitriles is 1. The highest BCUT2D eigenvalue weighted by Gasteiger charge is 2.24. The van der Waals surface area contributed by atoms with Crippen LogP contribution in [0.2, 0.25) is 0 Å². The quantitative estimate of drug-likeness (QED) is 0.762. The molecule has 4 heteroatoms. The second-order valence-corrected chi connectivity index (χ2v) is 4.67. The van der Waals surface area contributed by atoms with Crippen molar-refractivity contribution in [3.63, 3.8) is 0 Å². The Kier molecular flexibility index (Phi) is 2.53. The van der Waals surface area contributed by atoms with Gasteiger partial charge in [-0.25, -0.2) is 4.98 Å². The van der Waals surface area contributed by atoms with Gasteiger partial charge in [0.25, 0.3) is 0 Å². The third kappa shape index (κ3) is 1.52. The van der Waals surface area contributed by atoms with Gasteiger partial charge in [-0.3, -0.25) is 0 Å². The van der Waals surface area contributed by atoms with Crippen molar-refractivity contribution in [3.05, 3.63) is 29.6 Å². The molecule has 0 spiro atoms. The SMILES string of the molecule is N#Cc1cccc2c1nc(CCl)n2C1CCC1. The molecule has 0 amide bonds. The van der Waals surface area contributed by atoms with Gasteiger partial charge in [-0.05, 0) is 31.4 Å². The Labute approximate surface area is 105 Å². The zero-order chi connectivity index (χ0) is 11.8. The molecule has 1 heterocycles. The van der Waals surface area contributed by atoms with E-state index in [0.29, 0.717) is 17.5 Å². The van der Waals surface area contributed by atoms with Crippen molar-refractivity contribution in [3.8, 4) is 6.07 Å². The Balaban J connectivity index is 2.28. The number of alkyl halides is 1. The topological polar surface area (TPSA) is 41.6 Å². The van der Waals surface area contributed by atoms with E-state index >= 15 is 0 Å². The standard InChI is InChI=1S/C13H12ClN3/c14-7-12-16-13-9(8-15)3-1-6-11(13)17(12)10-4-2-5-10/h1,3,6,10H,2,4-5,7H2. The average Bonchev–Trinajstić information content (AvgIpc) is 2.66. The second-order valence-electron chi connectivity index (χ2n) is 4.40. The van der Waals surface area contributed by atoms with E-state index in [9.17, 15) is 0 Å². The van der Waals surface area contributed by atoms with Gasteiger partial charge in [0.15, 0.2) is 0 Å². The van der Waals surface area contributed by atoms with Crippen molar-refractivity contribution in [1.82, 2.24) is 9.55 Å². The first-order chi connectivity index (χ1) is 8.35. The molecule has 1 saturated carbocycles. The van der Waals surface area contributed by atoms with Crippen LogP contribution in [-0.4, -0.2) is 9.55 Å². The number of aromatic nitrogens is 2. The smallest absolute Gasteiger partial charge is 0.125 e. The third-order valence-corrected chi connectivity index (χ3v) is 3.71. The highest BCUT2D eigenvalue weighted by Crippen LogP contribution is 2.36. The molecule has 0 aliphatic heterocycles. The monoisotopic (exact) mass is 245 g/mol. The lowest BCUT2D eigenvalue weighted by molar-refractivity contribution is 0.315. The number of para-hydroxylation sites is 1. The van der Waals surface area contributed by atoms with Crippen LogP contribution in [0, 0.1) is 11.3 Å². The molecule has 0 saturated heterocycles. The molecule has 1 fully saturated rings. The molecule has 1 aromatic carbocycles. The molecule has 0 bridgehead atoms. The highest BCUT2D eigenvalue weighted by atomic mass is 35.5. The van der Waals surface area contributed by atoms with Crippen molar-refractivity contribution in [2.75, 3.05) is 0 Å². The normalized spacial score (nSPS) is 15.8. The van der Waals surface area contributed by atoms with Gasteiger partial charge in [-0.15, -0.1) is 11.6 Å². The van der Waals surface area contributed by atoms with Gasteiger partial charge in [0.05, 0.1) is 17.0 Å². The van der Waals surface area contributed by atoms with Crippen molar-refractivity contribution in [2.24, 2.45) is 0 Å². The van der Waals surface area contributed by atoms with E-state index < -0.39 is 0 Å². The lowest BCUT2D eigenvalue weighted by atomic mass is 9.92. The van der Waals surface area contributed by atoms with Crippen molar-refractivity contribution in [1.29, 1.82) is 5.26 Å². The number of rotatable bonds is 2. The summed E-state index contributed by atoms with van der Waals surface area (Å²) in [4.78, 5) is 4.51. The molecule has 1 aliphatic carbocycles. The zero-order valence-electron chi connectivity index (χ0n) is 9.36. The second kappa shape index (κ2) is 4.05. The largest absolute Gasteiger partial charge is 0.324 e. The van der Waals surface area contributed by atoms with E-state index in [0.717, 1.165) is 16.9 Å². The molecule has 0 unspecified atom stereocenters. The molecule has 17 heavy (non-hydrogen) atoms. The molecule has 1 aromatic heterocycles. The maximum Gasteiger partial charge on any atom is 0.125 e. The van der Waals surface area contributed by atoms with Crippen LogP contribution in [0.15, 0.2) is 18.2 Å². The fourth-order valence-corrected chi connectivity index (χ4v) is 2.59. The first kappa shape index (κ1) is 10.6. The van der Waals surface area contributed by atoms with Crippen LogP contribution in [0.1, 0.15) is 36.7 Å². The van der Waals surface area contributed by atoms with Crippen LogP contribution in [-0.2, 0) is 5.88 Å². The maximum absolute atomic E-state index is 9.09. The van der Waals surface area contributed by atoms with E-state index in [1.807, 2.05) is 12.1 Å². The summed E-state index contributed by atoms with van der Waals surface area (Å²) in [5, 5.41) is 9.09. The van der Waals surface area contributed by atoms with E-state index in [1.54, 1.807) is 6.07 Å². The van der Waals surface area contributed by atoms with Gasteiger partial charge in [0, 0.05) is 6.04 Å². The summed E-state index contributed by atoms with van der Waals surface area (Å²) in [7, 11) is 0. The molecule has 3 nitrogen and oxygen atoms in total. The molecule has 86 valence electrons. The number of hydrogen-bond acceptors (Lipinski definition) is 2. The predicted molar refractivity (Wildman–Crippen MR) is 66.9 cm³/mol. The molecule has 3 rings (SSSR count). The molecule has 0 radical (unpaired) electrons. The molecule has 0 atom stereocenters. The van der Waals surface area contributed by atoms with E-state index in [4.69, 9.17) is 16.9 Å². The van der Waals surface area contributed by atoms with Gasteiger partial charge < -0.3 is 4.57 Å². The van der Waals surface area contributed by atoms with Crippen LogP contribution in [0.25, 0.3) is 11.0 Å². The summed E-state index contributed by atoms with van der Waals surface area (Å²) >= 11 is 5.96. The summed E-state index contributed by atoms with van der Waals surface area (Å²) < 4.78 is 2.21. The minimum atomic E-state index is 0.399. The third-order valence-electron chi connectivity index (χ3n) is 3.47. The Morgan fingerprint density at radius 2 is 2.29 bits per heavy atom. The maximum atomic E-state index is 9.09. The minimum Gasteiger partial charge on any atom is -0.324 e. The van der Waals surface area contributed by atoms with Crippen molar-refractivity contribution >= 4 is 22.6 Å². The van der Waals surface area contributed by atoms with Gasteiger partial charge in [0.2, 0.25) is 0 Å². The number of benzene rings is 1. The van der Waals surface area contributed by atoms with Crippen LogP contribution in [0.3, 0.4) is 0 Å². The average molecular weight is 246 g/mol. The summed E-state index contributed by atoms with van der Waals surface area (Å²) in [6.45, 7) is 0. The summed E-state index contributed by atoms with van der Waals surface area (Å²) in [5.74, 6) is 1.28. The molecular weight excluding hydrogens is 234 g/mol.